The second-order valence-electron chi connectivity index (χ2n) is 4.53. The van der Waals surface area contributed by atoms with Crippen LogP contribution in [-0.4, -0.2) is 24.7 Å². The van der Waals surface area contributed by atoms with E-state index >= 15 is 0 Å². The minimum Gasteiger partial charge on any atom is -0.384 e. The van der Waals surface area contributed by atoms with Gasteiger partial charge in [0.15, 0.2) is 0 Å². The monoisotopic (exact) mass is 266 g/mol. The molecule has 0 amide bonds. The second-order valence-corrected chi connectivity index (χ2v) is 4.53. The molecule has 2 N–H and O–H groups in total. The highest BCUT2D eigenvalue weighted by atomic mass is 15.2. The molecule has 0 aromatic carbocycles. The highest BCUT2D eigenvalue weighted by Crippen LogP contribution is 2.18. The standard InChI is InChI=1S/C14H14N6/c1-20-9-11(8-17-20)12-7-13(15)19-14(18-12)6-10-2-4-16-5-3-10/h2-5,7-9H,6H2,1H3,(H2,15,18,19). The van der Waals surface area contributed by atoms with Crippen molar-refractivity contribution in [1.82, 2.24) is 24.7 Å². The summed E-state index contributed by atoms with van der Waals surface area (Å²) in [4.78, 5) is 12.8. The van der Waals surface area contributed by atoms with E-state index in [-0.39, 0.29) is 0 Å². The van der Waals surface area contributed by atoms with Crippen LogP contribution >= 0.6 is 0 Å². The first-order chi connectivity index (χ1) is 9.70. The normalized spacial score (nSPS) is 10.7. The summed E-state index contributed by atoms with van der Waals surface area (Å²) in [7, 11) is 1.87. The largest absolute Gasteiger partial charge is 0.384 e. The van der Waals surface area contributed by atoms with E-state index < -0.39 is 0 Å². The van der Waals surface area contributed by atoms with E-state index in [2.05, 4.69) is 20.1 Å². The molecule has 0 aliphatic heterocycles. The summed E-state index contributed by atoms with van der Waals surface area (Å²) < 4.78 is 1.73. The van der Waals surface area contributed by atoms with Gasteiger partial charge in [-0.3, -0.25) is 9.67 Å². The van der Waals surface area contributed by atoms with Crippen LogP contribution in [0.3, 0.4) is 0 Å². The Bertz CT molecular complexity index is 720. The summed E-state index contributed by atoms with van der Waals surface area (Å²) in [6.45, 7) is 0. The molecule has 0 saturated heterocycles. The van der Waals surface area contributed by atoms with Crippen molar-refractivity contribution in [2.75, 3.05) is 5.73 Å². The first kappa shape index (κ1) is 12.3. The average Bonchev–Trinajstić information content (AvgIpc) is 2.86. The Kier molecular flexibility index (Phi) is 3.12. The maximum absolute atomic E-state index is 5.87. The number of hydrogen-bond donors (Lipinski definition) is 1. The molecule has 3 aromatic heterocycles. The highest BCUT2D eigenvalue weighted by Gasteiger charge is 2.07. The van der Waals surface area contributed by atoms with Gasteiger partial charge in [0.2, 0.25) is 0 Å². The summed E-state index contributed by atoms with van der Waals surface area (Å²) >= 11 is 0. The number of hydrogen-bond acceptors (Lipinski definition) is 5. The summed E-state index contributed by atoms with van der Waals surface area (Å²) in [5, 5.41) is 4.14. The van der Waals surface area contributed by atoms with E-state index in [0.29, 0.717) is 18.1 Å². The third kappa shape index (κ3) is 2.64. The zero-order valence-corrected chi connectivity index (χ0v) is 11.1. The van der Waals surface area contributed by atoms with Crippen LogP contribution in [0.2, 0.25) is 0 Å². The lowest BCUT2D eigenvalue weighted by Crippen LogP contribution is -2.02. The van der Waals surface area contributed by atoms with Gasteiger partial charge >= 0.3 is 0 Å². The molecule has 100 valence electrons. The number of nitrogen functional groups attached to an aromatic ring is 1. The van der Waals surface area contributed by atoms with Crippen molar-refractivity contribution < 1.29 is 0 Å². The topological polar surface area (TPSA) is 82.5 Å². The fraction of sp³-hybridized carbons (Fsp3) is 0.143. The van der Waals surface area contributed by atoms with Crippen molar-refractivity contribution in [1.29, 1.82) is 0 Å². The lowest BCUT2D eigenvalue weighted by atomic mass is 10.2. The molecule has 0 aliphatic carbocycles. The zero-order valence-electron chi connectivity index (χ0n) is 11.1. The molecular formula is C14H14N6. The van der Waals surface area contributed by atoms with Gasteiger partial charge in [-0.05, 0) is 17.7 Å². The van der Waals surface area contributed by atoms with Gasteiger partial charge in [-0.15, -0.1) is 0 Å². The smallest absolute Gasteiger partial charge is 0.135 e. The van der Waals surface area contributed by atoms with Crippen molar-refractivity contribution in [2.24, 2.45) is 7.05 Å². The minimum atomic E-state index is 0.461. The van der Waals surface area contributed by atoms with Gasteiger partial charge in [-0.1, -0.05) is 0 Å². The van der Waals surface area contributed by atoms with Crippen LogP contribution in [0, 0.1) is 0 Å². The Morgan fingerprint density at radius 3 is 2.70 bits per heavy atom. The first-order valence-corrected chi connectivity index (χ1v) is 6.22. The summed E-state index contributed by atoms with van der Waals surface area (Å²) in [5.41, 5.74) is 8.68. The molecule has 3 aromatic rings. The number of anilines is 1. The SMILES string of the molecule is Cn1cc(-c2cc(N)nc(Cc3ccncc3)n2)cn1. The van der Waals surface area contributed by atoms with E-state index in [1.807, 2.05) is 25.4 Å². The third-order valence-corrected chi connectivity index (χ3v) is 2.90. The van der Waals surface area contributed by atoms with Crippen LogP contribution in [0.1, 0.15) is 11.4 Å². The van der Waals surface area contributed by atoms with Gasteiger partial charge in [0.05, 0.1) is 11.9 Å². The van der Waals surface area contributed by atoms with Gasteiger partial charge in [0.1, 0.15) is 11.6 Å². The van der Waals surface area contributed by atoms with E-state index in [4.69, 9.17) is 5.73 Å². The van der Waals surface area contributed by atoms with Gasteiger partial charge in [0.25, 0.3) is 0 Å². The summed E-state index contributed by atoms with van der Waals surface area (Å²) in [6.07, 6.45) is 7.80. The summed E-state index contributed by atoms with van der Waals surface area (Å²) in [6, 6.07) is 5.64. The second kappa shape index (κ2) is 5.08. The lowest BCUT2D eigenvalue weighted by Gasteiger charge is -2.04. The van der Waals surface area contributed by atoms with Crippen LogP contribution < -0.4 is 5.73 Å². The Morgan fingerprint density at radius 1 is 1.20 bits per heavy atom. The number of rotatable bonds is 3. The molecule has 3 rings (SSSR count). The van der Waals surface area contributed by atoms with E-state index in [9.17, 15) is 0 Å². The number of nitrogens with two attached hydrogens (primary N) is 1. The molecule has 20 heavy (non-hydrogen) atoms. The number of pyridine rings is 1. The predicted octanol–water partition coefficient (Wildman–Crippen LogP) is 1.45. The fourth-order valence-corrected chi connectivity index (χ4v) is 1.98. The maximum atomic E-state index is 5.87. The molecule has 0 saturated carbocycles. The number of aryl methyl sites for hydroxylation is 1. The van der Waals surface area contributed by atoms with E-state index in [0.717, 1.165) is 16.8 Å². The fourth-order valence-electron chi connectivity index (χ4n) is 1.98. The number of aromatic nitrogens is 5. The quantitative estimate of drug-likeness (QED) is 0.775. The van der Waals surface area contributed by atoms with Crippen LogP contribution in [0.15, 0.2) is 43.0 Å². The van der Waals surface area contributed by atoms with E-state index in [1.54, 1.807) is 29.3 Å². The Hall–Kier alpha value is -2.76. The highest BCUT2D eigenvalue weighted by molar-refractivity contribution is 5.60. The molecule has 0 aliphatic rings. The van der Waals surface area contributed by atoms with Gasteiger partial charge < -0.3 is 5.73 Å². The minimum absolute atomic E-state index is 0.461. The predicted molar refractivity (Wildman–Crippen MR) is 75.7 cm³/mol. The maximum Gasteiger partial charge on any atom is 0.135 e. The van der Waals surface area contributed by atoms with E-state index in [1.165, 1.54) is 0 Å². The molecular weight excluding hydrogens is 252 g/mol. The van der Waals surface area contributed by atoms with Crippen LogP contribution in [0.4, 0.5) is 5.82 Å². The first-order valence-electron chi connectivity index (χ1n) is 6.22. The third-order valence-electron chi connectivity index (χ3n) is 2.90. The number of nitrogens with zero attached hydrogens (tertiary/aromatic N) is 5. The van der Waals surface area contributed by atoms with Crippen LogP contribution in [0.25, 0.3) is 11.3 Å². The summed E-state index contributed by atoms with van der Waals surface area (Å²) in [5.74, 6) is 1.15. The molecule has 0 bridgehead atoms. The average molecular weight is 266 g/mol. The van der Waals surface area contributed by atoms with Gasteiger partial charge in [-0.25, -0.2) is 9.97 Å². The molecule has 0 radical (unpaired) electrons. The molecule has 3 heterocycles. The molecule has 6 nitrogen and oxygen atoms in total. The van der Waals surface area contributed by atoms with Gasteiger partial charge in [-0.2, -0.15) is 5.10 Å². The van der Waals surface area contributed by atoms with Crippen molar-refractivity contribution in [2.45, 2.75) is 6.42 Å². The molecule has 6 heteroatoms. The van der Waals surface area contributed by atoms with Crippen molar-refractivity contribution in [3.63, 3.8) is 0 Å². The Labute approximate surface area is 116 Å². The van der Waals surface area contributed by atoms with Gasteiger partial charge in [0, 0.05) is 43.7 Å². The molecule has 0 unspecified atom stereocenters. The van der Waals surface area contributed by atoms with Crippen molar-refractivity contribution in [3.8, 4) is 11.3 Å². The Morgan fingerprint density at radius 2 is 2.00 bits per heavy atom. The molecule has 0 atom stereocenters. The molecule has 0 fully saturated rings. The Balaban J connectivity index is 1.95. The van der Waals surface area contributed by atoms with Crippen LogP contribution in [0.5, 0.6) is 0 Å². The zero-order chi connectivity index (χ0) is 13.9. The molecule has 0 spiro atoms. The lowest BCUT2D eigenvalue weighted by molar-refractivity contribution is 0.768. The van der Waals surface area contributed by atoms with Crippen molar-refractivity contribution in [3.05, 3.63) is 54.4 Å². The van der Waals surface area contributed by atoms with Crippen molar-refractivity contribution >= 4 is 5.82 Å². The van der Waals surface area contributed by atoms with Crippen LogP contribution in [-0.2, 0) is 13.5 Å².